The van der Waals surface area contributed by atoms with Crippen LogP contribution >= 0.6 is 0 Å². The van der Waals surface area contributed by atoms with E-state index in [4.69, 9.17) is 0 Å². The van der Waals surface area contributed by atoms with E-state index in [1.807, 2.05) is 11.0 Å². The summed E-state index contributed by atoms with van der Waals surface area (Å²) >= 11 is 0. The Bertz CT molecular complexity index is 938. The van der Waals surface area contributed by atoms with Crippen LogP contribution in [0, 0.1) is 16.0 Å². The molecule has 2 fully saturated rings. The number of piperidine rings is 1. The van der Waals surface area contributed by atoms with Gasteiger partial charge in [-0.05, 0) is 37.4 Å². The molecule has 2 saturated heterocycles. The van der Waals surface area contributed by atoms with Gasteiger partial charge in [0.1, 0.15) is 5.69 Å². The minimum atomic E-state index is -0.336. The van der Waals surface area contributed by atoms with E-state index in [1.165, 1.54) is 11.6 Å². The molecule has 0 aromatic heterocycles. The summed E-state index contributed by atoms with van der Waals surface area (Å²) in [6.45, 7) is 8.37. The van der Waals surface area contributed by atoms with Gasteiger partial charge >= 0.3 is 0 Å². The van der Waals surface area contributed by atoms with Crippen LogP contribution < -0.4 is 10.2 Å². The van der Waals surface area contributed by atoms with Crippen molar-refractivity contribution in [2.24, 2.45) is 5.92 Å². The number of carbonyl (C=O) groups is 1. The molecule has 1 N–H and O–H groups in total. The first-order chi connectivity index (χ1) is 16.6. The molecule has 182 valence electrons. The smallest absolute Gasteiger partial charge is 0.292 e. The second kappa shape index (κ2) is 11.9. The largest absolute Gasteiger partial charge is 0.366 e. The lowest BCUT2D eigenvalue weighted by atomic mass is 9.95. The molecule has 0 unspecified atom stereocenters. The van der Waals surface area contributed by atoms with Crippen molar-refractivity contribution in [3.63, 3.8) is 0 Å². The fraction of sp³-hybridized carbons (Fsp3) is 0.500. The zero-order valence-corrected chi connectivity index (χ0v) is 19.8. The summed E-state index contributed by atoms with van der Waals surface area (Å²) in [5.41, 5.74) is 2.15. The van der Waals surface area contributed by atoms with Crippen molar-refractivity contribution in [1.29, 1.82) is 0 Å². The molecule has 2 aliphatic rings. The third-order valence-electron chi connectivity index (χ3n) is 6.95. The second-order valence-electron chi connectivity index (χ2n) is 9.26. The predicted molar refractivity (Wildman–Crippen MR) is 134 cm³/mol. The fourth-order valence-corrected chi connectivity index (χ4v) is 4.94. The first kappa shape index (κ1) is 24.2. The van der Waals surface area contributed by atoms with Crippen molar-refractivity contribution in [3.05, 3.63) is 70.3 Å². The number of amides is 1. The van der Waals surface area contributed by atoms with E-state index >= 15 is 0 Å². The molecule has 8 heteroatoms. The minimum absolute atomic E-state index is 0.0134. The quantitative estimate of drug-likeness (QED) is 0.348. The molecule has 2 aromatic rings. The number of nitrogens with one attached hydrogen (secondary N) is 1. The lowest BCUT2D eigenvalue weighted by molar-refractivity contribution is -0.384. The van der Waals surface area contributed by atoms with Gasteiger partial charge in [-0.1, -0.05) is 42.5 Å². The standard InChI is InChI=1S/C26H35N5O3/c32-26(23-11-15-30(16-12-23)24-9-4-5-10-25(24)31(33)34)27-13-6-14-28-17-19-29(20-18-28)21-22-7-2-1-3-8-22/h1-5,7-10,23H,6,11-21H2,(H,27,32). The van der Waals surface area contributed by atoms with Gasteiger partial charge in [-0.15, -0.1) is 0 Å². The monoisotopic (exact) mass is 465 g/mol. The highest BCUT2D eigenvalue weighted by molar-refractivity contribution is 5.79. The Morgan fingerprint density at radius 3 is 2.26 bits per heavy atom. The van der Waals surface area contributed by atoms with Crippen LogP contribution in [0.25, 0.3) is 0 Å². The highest BCUT2D eigenvalue weighted by Gasteiger charge is 2.28. The van der Waals surface area contributed by atoms with Crippen molar-refractivity contribution in [1.82, 2.24) is 15.1 Å². The molecule has 0 saturated carbocycles. The van der Waals surface area contributed by atoms with Crippen LogP contribution in [-0.2, 0) is 11.3 Å². The maximum absolute atomic E-state index is 12.6. The minimum Gasteiger partial charge on any atom is -0.366 e. The van der Waals surface area contributed by atoms with Gasteiger partial charge in [-0.25, -0.2) is 0 Å². The molecular weight excluding hydrogens is 430 g/mol. The Morgan fingerprint density at radius 2 is 1.56 bits per heavy atom. The first-order valence-electron chi connectivity index (χ1n) is 12.3. The van der Waals surface area contributed by atoms with Crippen LogP contribution in [0.15, 0.2) is 54.6 Å². The van der Waals surface area contributed by atoms with Crippen LogP contribution in [0.2, 0.25) is 0 Å². The van der Waals surface area contributed by atoms with Gasteiger partial charge in [0.2, 0.25) is 5.91 Å². The lowest BCUT2D eigenvalue weighted by Gasteiger charge is -2.35. The lowest BCUT2D eigenvalue weighted by Crippen LogP contribution is -2.46. The number of carbonyl (C=O) groups excluding carboxylic acids is 1. The number of piperazine rings is 1. The maximum Gasteiger partial charge on any atom is 0.292 e. The molecule has 0 radical (unpaired) electrons. The summed E-state index contributed by atoms with van der Waals surface area (Å²) in [7, 11) is 0. The summed E-state index contributed by atoms with van der Waals surface area (Å²) in [6, 6.07) is 17.5. The third-order valence-corrected chi connectivity index (χ3v) is 6.95. The highest BCUT2D eigenvalue weighted by atomic mass is 16.6. The van der Waals surface area contributed by atoms with E-state index in [0.717, 1.165) is 58.5 Å². The van der Waals surface area contributed by atoms with Crippen molar-refractivity contribution in [2.45, 2.75) is 25.8 Å². The fourth-order valence-electron chi connectivity index (χ4n) is 4.94. The Hall–Kier alpha value is -2.97. The third kappa shape index (κ3) is 6.55. The van der Waals surface area contributed by atoms with Crippen LogP contribution in [0.3, 0.4) is 0 Å². The Morgan fingerprint density at radius 1 is 0.912 bits per heavy atom. The summed E-state index contributed by atoms with van der Waals surface area (Å²) in [5.74, 6) is 0.107. The van der Waals surface area contributed by atoms with E-state index in [-0.39, 0.29) is 22.4 Å². The van der Waals surface area contributed by atoms with Gasteiger partial charge in [0.15, 0.2) is 0 Å². The van der Waals surface area contributed by atoms with E-state index in [9.17, 15) is 14.9 Å². The number of hydrogen-bond acceptors (Lipinski definition) is 6. The Balaban J connectivity index is 1.11. The average molecular weight is 466 g/mol. The van der Waals surface area contributed by atoms with Crippen LogP contribution in [0.5, 0.6) is 0 Å². The van der Waals surface area contributed by atoms with E-state index in [0.29, 0.717) is 25.3 Å². The molecule has 1 amide bonds. The second-order valence-corrected chi connectivity index (χ2v) is 9.26. The molecular formula is C26H35N5O3. The highest BCUT2D eigenvalue weighted by Crippen LogP contribution is 2.31. The summed E-state index contributed by atoms with van der Waals surface area (Å²) < 4.78 is 0. The zero-order valence-electron chi connectivity index (χ0n) is 19.8. The van der Waals surface area contributed by atoms with E-state index in [2.05, 4.69) is 45.4 Å². The number of para-hydroxylation sites is 2. The molecule has 0 spiro atoms. The molecule has 0 atom stereocenters. The molecule has 2 aromatic carbocycles. The summed E-state index contributed by atoms with van der Waals surface area (Å²) in [6.07, 6.45) is 2.40. The number of anilines is 1. The Labute approximate surface area is 201 Å². The van der Waals surface area contributed by atoms with Crippen LogP contribution in [0.1, 0.15) is 24.8 Å². The number of benzene rings is 2. The van der Waals surface area contributed by atoms with Crippen molar-refractivity contribution >= 4 is 17.3 Å². The topological polar surface area (TPSA) is 82.0 Å². The number of rotatable bonds is 9. The Kier molecular flexibility index (Phi) is 8.49. The molecule has 34 heavy (non-hydrogen) atoms. The SMILES string of the molecule is O=C(NCCCN1CCN(Cc2ccccc2)CC1)C1CCN(c2ccccc2[N+](=O)[O-])CC1. The van der Waals surface area contributed by atoms with Crippen molar-refractivity contribution in [3.8, 4) is 0 Å². The summed E-state index contributed by atoms with van der Waals surface area (Å²) in [5, 5.41) is 14.4. The van der Waals surface area contributed by atoms with Gasteiger partial charge in [-0.3, -0.25) is 19.8 Å². The molecule has 2 heterocycles. The first-order valence-corrected chi connectivity index (χ1v) is 12.3. The predicted octanol–water partition coefficient (Wildman–Crippen LogP) is 3.14. The van der Waals surface area contributed by atoms with Gasteiger partial charge in [0.05, 0.1) is 4.92 Å². The van der Waals surface area contributed by atoms with E-state index < -0.39 is 0 Å². The van der Waals surface area contributed by atoms with Gasteiger partial charge in [-0.2, -0.15) is 0 Å². The number of nitro benzene ring substituents is 1. The maximum atomic E-state index is 12.6. The molecule has 8 nitrogen and oxygen atoms in total. The number of hydrogen-bond donors (Lipinski definition) is 1. The van der Waals surface area contributed by atoms with Crippen molar-refractivity contribution in [2.75, 3.05) is 57.3 Å². The molecule has 4 rings (SSSR count). The zero-order chi connectivity index (χ0) is 23.8. The normalized spacial score (nSPS) is 18.1. The van der Waals surface area contributed by atoms with Gasteiger partial charge in [0.25, 0.3) is 5.69 Å². The van der Waals surface area contributed by atoms with Crippen LogP contribution in [-0.4, -0.2) is 73.0 Å². The van der Waals surface area contributed by atoms with Crippen molar-refractivity contribution < 1.29 is 9.72 Å². The van der Waals surface area contributed by atoms with Crippen LogP contribution in [0.4, 0.5) is 11.4 Å². The average Bonchev–Trinajstić information content (AvgIpc) is 2.88. The molecule has 0 bridgehead atoms. The molecule has 2 aliphatic heterocycles. The van der Waals surface area contributed by atoms with E-state index in [1.54, 1.807) is 12.1 Å². The number of nitro groups is 1. The summed E-state index contributed by atoms with van der Waals surface area (Å²) in [4.78, 5) is 30.6. The van der Waals surface area contributed by atoms with Gasteiger partial charge in [0, 0.05) is 64.3 Å². The number of nitrogens with zero attached hydrogens (tertiary/aromatic N) is 4. The van der Waals surface area contributed by atoms with Gasteiger partial charge < -0.3 is 15.1 Å². The molecule has 0 aliphatic carbocycles.